The molecular weight excluding hydrogens is 330 g/mol. The first-order valence-electron chi connectivity index (χ1n) is 8.81. The highest BCUT2D eigenvalue weighted by atomic mass is 35.5. The smallest absolute Gasteiger partial charge is 0.0721 e. The van der Waals surface area contributed by atoms with Gasteiger partial charge >= 0.3 is 0 Å². The van der Waals surface area contributed by atoms with Crippen LogP contribution in [0.25, 0.3) is 11.3 Å². The Morgan fingerprint density at radius 3 is 2.48 bits per heavy atom. The highest BCUT2D eigenvalue weighted by molar-refractivity contribution is 6.30. The number of fused-ring (bicyclic) bond motifs is 1. The van der Waals surface area contributed by atoms with Gasteiger partial charge in [0, 0.05) is 29.1 Å². The SMILES string of the molecule is Cc1ccc(Cn2nc3c(c2-c2ccc(Cl)cc2)CCNCC3)cc1. The van der Waals surface area contributed by atoms with Crippen molar-refractivity contribution in [2.24, 2.45) is 0 Å². The molecule has 0 unspecified atom stereocenters. The maximum atomic E-state index is 6.09. The minimum Gasteiger partial charge on any atom is -0.316 e. The van der Waals surface area contributed by atoms with Crippen LogP contribution in [0.3, 0.4) is 0 Å². The number of aryl methyl sites for hydroxylation is 1. The molecule has 0 amide bonds. The number of rotatable bonds is 3. The molecule has 0 saturated heterocycles. The minimum absolute atomic E-state index is 0.765. The van der Waals surface area contributed by atoms with E-state index in [1.807, 2.05) is 12.1 Å². The summed E-state index contributed by atoms with van der Waals surface area (Å²) in [5.41, 5.74) is 7.57. The standard InChI is InChI=1S/C21H22ClN3/c1-15-2-4-16(5-3-15)14-25-21(17-6-8-18(22)9-7-17)19-10-12-23-13-11-20(19)24-25/h2-9,23H,10-14H2,1H3. The van der Waals surface area contributed by atoms with E-state index < -0.39 is 0 Å². The fourth-order valence-electron chi connectivity index (χ4n) is 3.47. The van der Waals surface area contributed by atoms with Crippen LogP contribution in [0.2, 0.25) is 5.02 Å². The van der Waals surface area contributed by atoms with Gasteiger partial charge in [-0.3, -0.25) is 4.68 Å². The van der Waals surface area contributed by atoms with E-state index in [0.29, 0.717) is 0 Å². The summed E-state index contributed by atoms with van der Waals surface area (Å²) in [6.07, 6.45) is 2.00. The molecule has 0 radical (unpaired) electrons. The van der Waals surface area contributed by atoms with Crippen LogP contribution in [0.4, 0.5) is 0 Å². The maximum absolute atomic E-state index is 6.09. The van der Waals surface area contributed by atoms with Crippen molar-refractivity contribution in [3.05, 3.63) is 75.9 Å². The molecule has 4 heteroatoms. The van der Waals surface area contributed by atoms with Crippen molar-refractivity contribution in [2.45, 2.75) is 26.3 Å². The van der Waals surface area contributed by atoms with Gasteiger partial charge in [0.25, 0.3) is 0 Å². The van der Waals surface area contributed by atoms with E-state index in [0.717, 1.165) is 37.5 Å². The van der Waals surface area contributed by atoms with Crippen molar-refractivity contribution in [3.8, 4) is 11.3 Å². The van der Waals surface area contributed by atoms with Gasteiger partial charge in [-0.2, -0.15) is 5.10 Å². The predicted octanol–water partition coefficient (Wildman–Crippen LogP) is 4.25. The molecule has 1 N–H and O–H groups in total. The Labute approximate surface area is 153 Å². The van der Waals surface area contributed by atoms with E-state index in [2.05, 4.69) is 53.3 Å². The number of hydrogen-bond acceptors (Lipinski definition) is 2. The van der Waals surface area contributed by atoms with Crippen molar-refractivity contribution < 1.29 is 0 Å². The van der Waals surface area contributed by atoms with Crippen LogP contribution in [0.5, 0.6) is 0 Å². The third-order valence-corrected chi connectivity index (χ3v) is 5.05. The van der Waals surface area contributed by atoms with Gasteiger partial charge in [0.2, 0.25) is 0 Å². The largest absolute Gasteiger partial charge is 0.316 e. The molecule has 1 aromatic heterocycles. The third-order valence-electron chi connectivity index (χ3n) is 4.79. The zero-order valence-corrected chi connectivity index (χ0v) is 15.2. The van der Waals surface area contributed by atoms with Crippen LogP contribution >= 0.6 is 11.6 Å². The summed E-state index contributed by atoms with van der Waals surface area (Å²) < 4.78 is 2.17. The lowest BCUT2D eigenvalue weighted by molar-refractivity contribution is 0.654. The number of halogens is 1. The van der Waals surface area contributed by atoms with Gasteiger partial charge in [-0.1, -0.05) is 53.6 Å². The summed E-state index contributed by atoms with van der Waals surface area (Å²) in [5, 5.41) is 9.21. The van der Waals surface area contributed by atoms with E-state index in [9.17, 15) is 0 Å². The van der Waals surface area contributed by atoms with Crippen LogP contribution in [0.1, 0.15) is 22.4 Å². The van der Waals surface area contributed by atoms with Gasteiger partial charge in [0.15, 0.2) is 0 Å². The lowest BCUT2D eigenvalue weighted by Gasteiger charge is -2.11. The van der Waals surface area contributed by atoms with Crippen molar-refractivity contribution in [1.82, 2.24) is 15.1 Å². The first kappa shape index (κ1) is 16.4. The first-order chi connectivity index (χ1) is 12.2. The van der Waals surface area contributed by atoms with Gasteiger partial charge in [0.05, 0.1) is 17.9 Å². The molecule has 0 aliphatic carbocycles. The molecule has 25 heavy (non-hydrogen) atoms. The number of aromatic nitrogens is 2. The Kier molecular flexibility index (Phi) is 4.60. The molecule has 3 nitrogen and oxygen atoms in total. The quantitative estimate of drug-likeness (QED) is 0.764. The maximum Gasteiger partial charge on any atom is 0.0721 e. The highest BCUT2D eigenvalue weighted by Crippen LogP contribution is 2.30. The van der Waals surface area contributed by atoms with E-state index in [1.165, 1.54) is 33.6 Å². The van der Waals surface area contributed by atoms with Crippen LogP contribution in [0, 0.1) is 6.92 Å². The van der Waals surface area contributed by atoms with E-state index in [-0.39, 0.29) is 0 Å². The topological polar surface area (TPSA) is 29.9 Å². The van der Waals surface area contributed by atoms with Gasteiger partial charge in [-0.25, -0.2) is 0 Å². The molecule has 1 aliphatic rings. The average Bonchev–Trinajstić information content (AvgIpc) is 2.79. The van der Waals surface area contributed by atoms with Crippen molar-refractivity contribution in [3.63, 3.8) is 0 Å². The lowest BCUT2D eigenvalue weighted by Crippen LogP contribution is -2.17. The summed E-state index contributed by atoms with van der Waals surface area (Å²) in [7, 11) is 0. The van der Waals surface area contributed by atoms with Crippen LogP contribution in [0.15, 0.2) is 48.5 Å². The fourth-order valence-corrected chi connectivity index (χ4v) is 3.60. The molecule has 2 aromatic carbocycles. The second-order valence-electron chi connectivity index (χ2n) is 6.67. The molecule has 3 aromatic rings. The Hall–Kier alpha value is -2.10. The fraction of sp³-hybridized carbons (Fsp3) is 0.286. The van der Waals surface area contributed by atoms with Gasteiger partial charge in [-0.15, -0.1) is 0 Å². The summed E-state index contributed by atoms with van der Waals surface area (Å²) in [4.78, 5) is 0. The Morgan fingerprint density at radius 2 is 1.72 bits per heavy atom. The monoisotopic (exact) mass is 351 g/mol. The molecule has 128 valence electrons. The minimum atomic E-state index is 0.765. The third kappa shape index (κ3) is 3.48. The van der Waals surface area contributed by atoms with Crippen molar-refractivity contribution in [1.29, 1.82) is 0 Å². The molecule has 1 aliphatic heterocycles. The second kappa shape index (κ2) is 7.03. The summed E-state index contributed by atoms with van der Waals surface area (Å²) in [5.74, 6) is 0. The summed E-state index contributed by atoms with van der Waals surface area (Å²) in [6.45, 7) is 4.91. The molecular formula is C21H22ClN3. The molecule has 0 bridgehead atoms. The van der Waals surface area contributed by atoms with Gasteiger partial charge < -0.3 is 5.32 Å². The summed E-state index contributed by atoms with van der Waals surface area (Å²) in [6, 6.07) is 16.8. The highest BCUT2D eigenvalue weighted by Gasteiger charge is 2.20. The Bertz CT molecular complexity index is 863. The number of hydrogen-bond donors (Lipinski definition) is 1. The molecule has 0 spiro atoms. The summed E-state index contributed by atoms with van der Waals surface area (Å²) >= 11 is 6.09. The number of nitrogens with zero attached hydrogens (tertiary/aromatic N) is 2. The van der Waals surface area contributed by atoms with Crippen LogP contribution in [-0.2, 0) is 19.4 Å². The Balaban J connectivity index is 1.79. The van der Waals surface area contributed by atoms with Crippen molar-refractivity contribution in [2.75, 3.05) is 13.1 Å². The average molecular weight is 352 g/mol. The normalized spacial score (nSPS) is 14.2. The number of benzene rings is 2. The van der Waals surface area contributed by atoms with E-state index in [4.69, 9.17) is 16.7 Å². The number of nitrogens with one attached hydrogen (secondary N) is 1. The molecule has 0 atom stereocenters. The van der Waals surface area contributed by atoms with Gasteiger partial charge in [-0.05, 0) is 37.6 Å². The van der Waals surface area contributed by atoms with E-state index >= 15 is 0 Å². The van der Waals surface area contributed by atoms with Crippen LogP contribution < -0.4 is 5.32 Å². The molecule has 2 heterocycles. The zero-order valence-electron chi connectivity index (χ0n) is 14.4. The van der Waals surface area contributed by atoms with Crippen molar-refractivity contribution >= 4 is 11.6 Å². The van der Waals surface area contributed by atoms with Gasteiger partial charge in [0.1, 0.15) is 0 Å². The molecule has 0 saturated carbocycles. The first-order valence-corrected chi connectivity index (χ1v) is 9.19. The Morgan fingerprint density at radius 1 is 1.00 bits per heavy atom. The molecule has 0 fully saturated rings. The van der Waals surface area contributed by atoms with E-state index in [1.54, 1.807) is 0 Å². The van der Waals surface area contributed by atoms with Crippen LogP contribution in [-0.4, -0.2) is 22.9 Å². The lowest BCUT2D eigenvalue weighted by atomic mass is 10.0. The second-order valence-corrected chi connectivity index (χ2v) is 7.11. The predicted molar refractivity (Wildman–Crippen MR) is 103 cm³/mol. The molecule has 4 rings (SSSR count). The zero-order chi connectivity index (χ0) is 17.2.